The van der Waals surface area contributed by atoms with Crippen LogP contribution < -0.4 is 0 Å². The third-order valence-electron chi connectivity index (χ3n) is 0.726. The second kappa shape index (κ2) is 8.93. The fourth-order valence-electron chi connectivity index (χ4n) is 0.352. The molecule has 3 N–H and O–H groups in total. The Balaban J connectivity index is 0. The van der Waals surface area contributed by atoms with Gasteiger partial charge in [0.15, 0.2) is 0 Å². The first-order chi connectivity index (χ1) is 5.47. The Hall–Kier alpha value is -0.160. The molecule has 0 saturated carbocycles. The summed E-state index contributed by atoms with van der Waals surface area (Å²) in [5, 5.41) is 23.6. The normalized spacial score (nSPS) is 10.5. The Bertz CT molecular complexity index is 75.6. The minimum Gasteiger partial charge on any atom is -0.394 e. The topological polar surface area (TPSA) is 69.9 Å². The molecule has 0 fully saturated rings. The van der Waals surface area contributed by atoms with E-state index in [0.29, 0.717) is 6.61 Å². The fraction of sp³-hybridized carbons (Fsp3) is 1.00. The van der Waals surface area contributed by atoms with Crippen molar-refractivity contribution < 1.29 is 20.1 Å². The number of ether oxygens (including phenoxy) is 1. The van der Waals surface area contributed by atoms with Gasteiger partial charge in [-0.25, -0.2) is 0 Å². The van der Waals surface area contributed by atoms with E-state index in [4.69, 9.17) is 20.1 Å². The summed E-state index contributed by atoms with van der Waals surface area (Å²) in [7, 11) is 0. The summed E-state index contributed by atoms with van der Waals surface area (Å²) in [4.78, 5) is 0. The summed E-state index contributed by atoms with van der Waals surface area (Å²) in [5.41, 5.74) is -0.108. The number of hydrogen-bond acceptors (Lipinski definition) is 4. The summed E-state index contributed by atoms with van der Waals surface area (Å²) in [6.07, 6.45) is 0. The average Bonchev–Trinajstić information content (AvgIpc) is 2.00. The molecular weight excluding hydrogens is 160 g/mol. The summed E-state index contributed by atoms with van der Waals surface area (Å²) < 4.78 is 5.13. The van der Waals surface area contributed by atoms with Gasteiger partial charge in [0.2, 0.25) is 0 Å². The maximum Gasteiger partial charge on any atom is 0.0704 e. The van der Waals surface area contributed by atoms with Gasteiger partial charge in [0.1, 0.15) is 0 Å². The summed E-state index contributed by atoms with van der Waals surface area (Å²) in [6, 6.07) is 0. The van der Waals surface area contributed by atoms with E-state index in [1.807, 2.05) is 20.8 Å². The van der Waals surface area contributed by atoms with E-state index in [1.165, 1.54) is 0 Å². The van der Waals surface area contributed by atoms with Crippen molar-refractivity contribution in [3.05, 3.63) is 0 Å². The van der Waals surface area contributed by atoms with Gasteiger partial charge in [0, 0.05) is 0 Å². The molecule has 0 aromatic heterocycles. The van der Waals surface area contributed by atoms with E-state index in [1.54, 1.807) is 0 Å². The van der Waals surface area contributed by atoms with E-state index in [2.05, 4.69) is 0 Å². The highest BCUT2D eigenvalue weighted by Gasteiger charge is 2.07. The predicted octanol–water partition coefficient (Wildman–Crippen LogP) is -0.235. The molecule has 0 atom stereocenters. The summed E-state index contributed by atoms with van der Waals surface area (Å²) in [6.45, 7) is 6.18. The van der Waals surface area contributed by atoms with Crippen LogP contribution in [-0.2, 0) is 4.74 Å². The predicted molar refractivity (Wildman–Crippen MR) is 47.0 cm³/mol. The van der Waals surface area contributed by atoms with Crippen molar-refractivity contribution in [2.75, 3.05) is 26.4 Å². The smallest absolute Gasteiger partial charge is 0.0704 e. The molecule has 4 nitrogen and oxygen atoms in total. The van der Waals surface area contributed by atoms with E-state index >= 15 is 0 Å². The minimum atomic E-state index is -0.125. The third kappa shape index (κ3) is 22.5. The van der Waals surface area contributed by atoms with E-state index in [9.17, 15) is 0 Å². The number of rotatable bonds is 3. The van der Waals surface area contributed by atoms with E-state index in [-0.39, 0.29) is 25.4 Å². The van der Waals surface area contributed by atoms with Crippen molar-refractivity contribution in [1.29, 1.82) is 0 Å². The average molecular weight is 180 g/mol. The van der Waals surface area contributed by atoms with Crippen LogP contribution in [-0.4, -0.2) is 47.3 Å². The standard InChI is InChI=1S/C6H14O2.C2H6O2/c1-6(2,3)8-5-4-7;3-1-2-4/h7H,4-5H2,1-3H3;3-4H,1-2H2. The van der Waals surface area contributed by atoms with Gasteiger partial charge in [-0.3, -0.25) is 0 Å². The van der Waals surface area contributed by atoms with Crippen molar-refractivity contribution >= 4 is 0 Å². The Morgan fingerprint density at radius 1 is 0.917 bits per heavy atom. The lowest BCUT2D eigenvalue weighted by atomic mass is 10.2. The molecular formula is C8H20O4. The maximum absolute atomic E-state index is 8.30. The number of hydrogen-bond donors (Lipinski definition) is 3. The fourth-order valence-corrected chi connectivity index (χ4v) is 0.352. The highest BCUT2D eigenvalue weighted by molar-refractivity contribution is 4.57. The molecule has 4 heteroatoms. The van der Waals surface area contributed by atoms with Crippen LogP contribution in [0.2, 0.25) is 0 Å². The SMILES string of the molecule is CC(C)(C)OCCO.OCCO. The zero-order valence-electron chi connectivity index (χ0n) is 8.08. The quantitative estimate of drug-likeness (QED) is 0.561. The summed E-state index contributed by atoms with van der Waals surface area (Å²) >= 11 is 0. The first kappa shape index (κ1) is 14.4. The van der Waals surface area contributed by atoms with Crippen LogP contribution in [0.5, 0.6) is 0 Å². The lowest BCUT2D eigenvalue weighted by Gasteiger charge is -2.18. The molecule has 0 radical (unpaired) electrons. The highest BCUT2D eigenvalue weighted by atomic mass is 16.5. The van der Waals surface area contributed by atoms with Crippen molar-refractivity contribution in [3.63, 3.8) is 0 Å². The molecule has 0 aliphatic rings. The Morgan fingerprint density at radius 2 is 1.33 bits per heavy atom. The maximum atomic E-state index is 8.30. The van der Waals surface area contributed by atoms with Crippen LogP contribution in [0.3, 0.4) is 0 Å². The van der Waals surface area contributed by atoms with Gasteiger partial charge in [-0.05, 0) is 20.8 Å². The first-order valence-electron chi connectivity index (χ1n) is 3.94. The molecule has 0 bridgehead atoms. The molecule has 0 amide bonds. The molecule has 0 heterocycles. The lowest BCUT2D eigenvalue weighted by molar-refractivity contribution is -0.0199. The molecule has 0 spiro atoms. The van der Waals surface area contributed by atoms with Crippen molar-refractivity contribution in [3.8, 4) is 0 Å². The molecule has 0 aromatic carbocycles. The summed E-state index contributed by atoms with van der Waals surface area (Å²) in [5.74, 6) is 0. The van der Waals surface area contributed by atoms with Crippen molar-refractivity contribution in [2.45, 2.75) is 26.4 Å². The first-order valence-corrected chi connectivity index (χ1v) is 3.94. The zero-order valence-corrected chi connectivity index (χ0v) is 8.08. The molecule has 0 aromatic rings. The van der Waals surface area contributed by atoms with Crippen LogP contribution >= 0.6 is 0 Å². The van der Waals surface area contributed by atoms with Crippen LogP contribution in [0.4, 0.5) is 0 Å². The van der Waals surface area contributed by atoms with Gasteiger partial charge in [0.25, 0.3) is 0 Å². The third-order valence-corrected chi connectivity index (χ3v) is 0.726. The van der Waals surface area contributed by atoms with Gasteiger partial charge in [-0.2, -0.15) is 0 Å². The number of aliphatic hydroxyl groups is 3. The molecule has 76 valence electrons. The molecule has 0 rings (SSSR count). The van der Waals surface area contributed by atoms with Gasteiger partial charge >= 0.3 is 0 Å². The lowest BCUT2D eigenvalue weighted by Crippen LogP contribution is -2.20. The van der Waals surface area contributed by atoms with E-state index in [0.717, 1.165) is 0 Å². The van der Waals surface area contributed by atoms with Crippen LogP contribution in [0.1, 0.15) is 20.8 Å². The van der Waals surface area contributed by atoms with Crippen LogP contribution in [0.25, 0.3) is 0 Å². The van der Waals surface area contributed by atoms with Gasteiger partial charge < -0.3 is 20.1 Å². The van der Waals surface area contributed by atoms with Gasteiger partial charge in [0.05, 0.1) is 32.0 Å². The van der Waals surface area contributed by atoms with Crippen molar-refractivity contribution in [2.24, 2.45) is 0 Å². The van der Waals surface area contributed by atoms with Crippen LogP contribution in [0.15, 0.2) is 0 Å². The van der Waals surface area contributed by atoms with Crippen LogP contribution in [0, 0.1) is 0 Å². The highest BCUT2D eigenvalue weighted by Crippen LogP contribution is 2.04. The Labute approximate surface area is 73.8 Å². The Morgan fingerprint density at radius 3 is 1.42 bits per heavy atom. The molecule has 0 aliphatic carbocycles. The minimum absolute atomic E-state index is 0.108. The second-order valence-corrected chi connectivity index (χ2v) is 3.13. The zero-order chi connectivity index (χ0) is 10.0. The van der Waals surface area contributed by atoms with Gasteiger partial charge in [-0.1, -0.05) is 0 Å². The molecule has 12 heavy (non-hydrogen) atoms. The van der Waals surface area contributed by atoms with Gasteiger partial charge in [-0.15, -0.1) is 0 Å². The second-order valence-electron chi connectivity index (χ2n) is 3.13. The monoisotopic (exact) mass is 180 g/mol. The molecule has 0 saturated heterocycles. The van der Waals surface area contributed by atoms with Crippen molar-refractivity contribution in [1.82, 2.24) is 0 Å². The molecule has 0 unspecified atom stereocenters. The largest absolute Gasteiger partial charge is 0.394 e. The molecule has 0 aliphatic heterocycles. The van der Waals surface area contributed by atoms with E-state index < -0.39 is 0 Å². The number of aliphatic hydroxyl groups excluding tert-OH is 3. The Kier molecular flexibility index (Phi) is 10.7.